The molecular formula is C17H19N3O3S. The summed E-state index contributed by atoms with van der Waals surface area (Å²) in [5.41, 5.74) is 1.06. The summed E-state index contributed by atoms with van der Waals surface area (Å²) in [6.07, 6.45) is 4.32. The molecule has 1 aromatic heterocycles. The quantitative estimate of drug-likeness (QED) is 0.921. The van der Waals surface area contributed by atoms with Crippen LogP contribution >= 0.6 is 0 Å². The highest BCUT2D eigenvalue weighted by Gasteiger charge is 2.33. The maximum absolute atomic E-state index is 12.6. The highest BCUT2D eigenvalue weighted by atomic mass is 32.2. The first kappa shape index (κ1) is 16.4. The number of aromatic nitrogens is 1. The highest BCUT2D eigenvalue weighted by Crippen LogP contribution is 2.21. The third-order valence-electron chi connectivity index (χ3n) is 4.07. The van der Waals surface area contributed by atoms with E-state index >= 15 is 0 Å². The Kier molecular flexibility index (Phi) is 4.80. The summed E-state index contributed by atoms with van der Waals surface area (Å²) >= 11 is 0. The Balaban J connectivity index is 1.72. The fourth-order valence-electron chi connectivity index (χ4n) is 2.81. The lowest BCUT2D eigenvalue weighted by molar-refractivity contribution is 0.0727. The predicted molar refractivity (Wildman–Crippen MR) is 92.1 cm³/mol. The minimum absolute atomic E-state index is 0.156. The van der Waals surface area contributed by atoms with Crippen LogP contribution in [-0.2, 0) is 10.0 Å². The fourth-order valence-corrected chi connectivity index (χ4v) is 4.29. The number of carbonyl (C=O) groups excluding carboxylic acids is 1. The molecule has 0 spiro atoms. The number of anilines is 1. The van der Waals surface area contributed by atoms with E-state index in [2.05, 4.69) is 9.71 Å². The second kappa shape index (κ2) is 7.00. The van der Waals surface area contributed by atoms with Gasteiger partial charge in [0, 0.05) is 36.7 Å². The van der Waals surface area contributed by atoms with Gasteiger partial charge in [-0.25, -0.2) is 8.42 Å². The molecule has 2 aromatic rings. The lowest BCUT2D eigenvalue weighted by Crippen LogP contribution is -2.46. The number of piperidine rings is 1. The van der Waals surface area contributed by atoms with Crippen LogP contribution in [-0.4, -0.2) is 42.5 Å². The second-order valence-electron chi connectivity index (χ2n) is 5.76. The number of amides is 1. The van der Waals surface area contributed by atoms with Crippen molar-refractivity contribution in [2.24, 2.45) is 0 Å². The van der Waals surface area contributed by atoms with Crippen LogP contribution in [0.2, 0.25) is 0 Å². The van der Waals surface area contributed by atoms with Crippen LogP contribution in [0.15, 0.2) is 54.9 Å². The largest absolute Gasteiger partial charge is 0.337 e. The van der Waals surface area contributed by atoms with Crippen LogP contribution in [0, 0.1) is 0 Å². The summed E-state index contributed by atoms with van der Waals surface area (Å²) in [6, 6.07) is 12.1. The minimum atomic E-state index is -3.54. The van der Waals surface area contributed by atoms with Gasteiger partial charge in [0.05, 0.1) is 5.25 Å². The van der Waals surface area contributed by atoms with Gasteiger partial charge in [0.2, 0.25) is 10.0 Å². The van der Waals surface area contributed by atoms with E-state index in [1.54, 1.807) is 53.7 Å². The molecule has 1 N–H and O–H groups in total. The Bertz CT molecular complexity index is 794. The Hall–Kier alpha value is -2.41. The molecule has 6 nitrogen and oxygen atoms in total. The van der Waals surface area contributed by atoms with Crippen LogP contribution in [0.4, 0.5) is 5.69 Å². The average molecular weight is 345 g/mol. The topological polar surface area (TPSA) is 79.4 Å². The highest BCUT2D eigenvalue weighted by molar-refractivity contribution is 7.93. The number of nitrogens with one attached hydrogen (secondary N) is 1. The number of para-hydroxylation sites is 1. The van der Waals surface area contributed by atoms with Gasteiger partial charge < -0.3 is 4.90 Å². The summed E-state index contributed by atoms with van der Waals surface area (Å²) in [5.74, 6) is -0.156. The number of nitrogens with zero attached hydrogens (tertiary/aromatic N) is 2. The maximum atomic E-state index is 12.6. The van der Waals surface area contributed by atoms with Gasteiger partial charge >= 0.3 is 0 Å². The fraction of sp³-hybridized carbons (Fsp3) is 0.294. The van der Waals surface area contributed by atoms with E-state index in [0.29, 0.717) is 30.6 Å². The summed E-state index contributed by atoms with van der Waals surface area (Å²) in [7, 11) is -3.54. The number of sulfonamides is 1. The van der Waals surface area contributed by atoms with Gasteiger partial charge in [-0.15, -0.1) is 0 Å². The number of likely N-dealkylation sites (tertiary alicyclic amines) is 1. The zero-order valence-electron chi connectivity index (χ0n) is 13.1. The smallest absolute Gasteiger partial charge is 0.254 e. The summed E-state index contributed by atoms with van der Waals surface area (Å²) in [4.78, 5) is 18.0. The van der Waals surface area contributed by atoms with Crippen molar-refractivity contribution in [2.75, 3.05) is 17.8 Å². The molecule has 0 saturated carbocycles. The van der Waals surface area contributed by atoms with E-state index < -0.39 is 15.3 Å². The van der Waals surface area contributed by atoms with Crippen molar-refractivity contribution >= 4 is 21.6 Å². The first-order chi connectivity index (χ1) is 11.6. The number of hydrogen-bond donors (Lipinski definition) is 1. The van der Waals surface area contributed by atoms with Gasteiger partial charge in [-0.3, -0.25) is 14.5 Å². The lowest BCUT2D eigenvalue weighted by atomic mass is 10.1. The Morgan fingerprint density at radius 3 is 2.54 bits per heavy atom. The molecule has 3 rings (SSSR count). The molecule has 2 heterocycles. The van der Waals surface area contributed by atoms with Crippen molar-refractivity contribution < 1.29 is 13.2 Å². The molecule has 1 amide bonds. The molecule has 1 aliphatic rings. The first-order valence-electron chi connectivity index (χ1n) is 7.82. The molecule has 0 aliphatic carbocycles. The SMILES string of the molecule is O=C(c1ccncc1)N1CCC[C@H](S(=O)(=O)Nc2ccccc2)C1. The summed E-state index contributed by atoms with van der Waals surface area (Å²) in [6.45, 7) is 0.766. The molecule has 1 atom stereocenters. The Morgan fingerprint density at radius 1 is 1.12 bits per heavy atom. The minimum Gasteiger partial charge on any atom is -0.337 e. The molecule has 1 saturated heterocycles. The van der Waals surface area contributed by atoms with Gasteiger partial charge in [0.15, 0.2) is 0 Å². The molecule has 1 aromatic carbocycles. The Morgan fingerprint density at radius 2 is 1.83 bits per heavy atom. The first-order valence-corrected chi connectivity index (χ1v) is 9.37. The van der Waals surface area contributed by atoms with Gasteiger partial charge in [-0.05, 0) is 37.1 Å². The third kappa shape index (κ3) is 3.73. The number of benzene rings is 1. The van der Waals surface area contributed by atoms with Crippen LogP contribution in [0.3, 0.4) is 0 Å². The molecule has 0 bridgehead atoms. The van der Waals surface area contributed by atoms with Crippen molar-refractivity contribution in [3.05, 3.63) is 60.4 Å². The lowest BCUT2D eigenvalue weighted by Gasteiger charge is -2.32. The zero-order valence-corrected chi connectivity index (χ0v) is 13.9. The molecule has 0 unspecified atom stereocenters. The van der Waals surface area contributed by atoms with E-state index in [9.17, 15) is 13.2 Å². The number of rotatable bonds is 4. The van der Waals surface area contributed by atoms with E-state index in [1.165, 1.54) is 0 Å². The average Bonchev–Trinajstić information content (AvgIpc) is 2.62. The summed E-state index contributed by atoms with van der Waals surface area (Å²) in [5, 5.41) is -0.614. The van der Waals surface area contributed by atoms with E-state index in [4.69, 9.17) is 0 Å². The van der Waals surface area contributed by atoms with Crippen molar-refractivity contribution in [1.29, 1.82) is 0 Å². The zero-order chi connectivity index (χ0) is 17.0. The van der Waals surface area contributed by atoms with Crippen molar-refractivity contribution in [3.8, 4) is 0 Å². The maximum Gasteiger partial charge on any atom is 0.254 e. The molecule has 7 heteroatoms. The molecule has 0 radical (unpaired) electrons. The van der Waals surface area contributed by atoms with E-state index in [0.717, 1.165) is 0 Å². The number of hydrogen-bond acceptors (Lipinski definition) is 4. The molecule has 126 valence electrons. The molecule has 24 heavy (non-hydrogen) atoms. The van der Waals surface area contributed by atoms with Crippen molar-refractivity contribution in [1.82, 2.24) is 9.88 Å². The van der Waals surface area contributed by atoms with Crippen molar-refractivity contribution in [3.63, 3.8) is 0 Å². The third-order valence-corrected chi connectivity index (χ3v) is 5.85. The van der Waals surface area contributed by atoms with Gasteiger partial charge in [0.1, 0.15) is 0 Å². The van der Waals surface area contributed by atoms with Crippen LogP contribution in [0.1, 0.15) is 23.2 Å². The normalized spacial score (nSPS) is 18.2. The standard InChI is InChI=1S/C17H19N3O3S/c21-17(14-8-10-18-11-9-14)20-12-4-7-16(13-20)24(22,23)19-15-5-2-1-3-6-15/h1-3,5-6,8-11,16,19H,4,7,12-13H2/t16-/m0/s1. The molecular weight excluding hydrogens is 326 g/mol. The Labute approximate surface area is 141 Å². The predicted octanol–water partition coefficient (Wildman–Crippen LogP) is 2.13. The van der Waals surface area contributed by atoms with Crippen LogP contribution in [0.5, 0.6) is 0 Å². The second-order valence-corrected chi connectivity index (χ2v) is 7.73. The molecule has 1 aliphatic heterocycles. The number of carbonyl (C=O) groups is 1. The van der Waals surface area contributed by atoms with Gasteiger partial charge in [-0.1, -0.05) is 18.2 Å². The van der Waals surface area contributed by atoms with Crippen molar-refractivity contribution in [2.45, 2.75) is 18.1 Å². The molecule has 1 fully saturated rings. The van der Waals surface area contributed by atoms with Gasteiger partial charge in [0.25, 0.3) is 5.91 Å². The number of pyridine rings is 1. The van der Waals surface area contributed by atoms with Crippen LogP contribution in [0.25, 0.3) is 0 Å². The van der Waals surface area contributed by atoms with Crippen LogP contribution < -0.4 is 4.72 Å². The summed E-state index contributed by atoms with van der Waals surface area (Å²) < 4.78 is 27.8. The van der Waals surface area contributed by atoms with Gasteiger partial charge in [-0.2, -0.15) is 0 Å². The monoisotopic (exact) mass is 345 g/mol. The van der Waals surface area contributed by atoms with E-state index in [-0.39, 0.29) is 12.5 Å². The van der Waals surface area contributed by atoms with E-state index in [1.807, 2.05) is 6.07 Å².